The molecule has 0 amide bonds. The lowest BCUT2D eigenvalue weighted by molar-refractivity contribution is 0.625. The van der Waals surface area contributed by atoms with E-state index in [1.54, 1.807) is 0 Å². The predicted molar refractivity (Wildman–Crippen MR) is 93.9 cm³/mol. The Bertz CT molecular complexity index is 958. The average molecular weight is 364 g/mol. The predicted octanol–water partition coefficient (Wildman–Crippen LogP) is 3.99. The van der Waals surface area contributed by atoms with Gasteiger partial charge in [0, 0.05) is 11.3 Å². The molecule has 1 heterocycles. The lowest BCUT2D eigenvalue weighted by Gasteiger charge is -2.12. The maximum Gasteiger partial charge on any atom is 0.276 e. The molecule has 0 saturated heterocycles. The zero-order valence-corrected chi connectivity index (χ0v) is 13.9. The van der Waals surface area contributed by atoms with Crippen molar-refractivity contribution in [1.82, 2.24) is 9.78 Å². The number of rotatable bonds is 3. The number of benzene rings is 2. The Morgan fingerprint density at radius 3 is 2.46 bits per heavy atom. The molecule has 2 N–H and O–H groups in total. The summed E-state index contributed by atoms with van der Waals surface area (Å²) in [5.41, 5.74) is 6.08. The Morgan fingerprint density at radius 1 is 1.04 bits per heavy atom. The highest BCUT2D eigenvalue weighted by molar-refractivity contribution is 6.34. The highest BCUT2D eigenvalue weighted by Gasteiger charge is 2.20. The molecule has 7 heteroatoms. The molecule has 0 bridgehead atoms. The Labute approximate surface area is 147 Å². The third-order valence-electron chi connectivity index (χ3n) is 3.55. The van der Waals surface area contributed by atoms with Crippen LogP contribution in [0.15, 0.2) is 53.5 Å². The first-order valence-corrected chi connectivity index (χ1v) is 7.78. The Kier molecular flexibility index (Phi) is 4.55. The van der Waals surface area contributed by atoms with Crippen LogP contribution in [-0.2, 0) is 6.54 Å². The molecular weight excluding hydrogens is 352 g/mol. The van der Waals surface area contributed by atoms with Crippen LogP contribution in [0.2, 0.25) is 10.0 Å². The fraction of sp³-hybridized carbons (Fsp3) is 0.0588. The van der Waals surface area contributed by atoms with Gasteiger partial charge in [-0.3, -0.25) is 4.79 Å². The van der Waals surface area contributed by atoms with E-state index in [1.165, 1.54) is 23.0 Å². The molecule has 0 spiro atoms. The molecule has 0 unspecified atom stereocenters. The molecule has 0 fully saturated rings. The monoisotopic (exact) mass is 363 g/mol. The molecule has 4 nitrogen and oxygen atoms in total. The van der Waals surface area contributed by atoms with Gasteiger partial charge in [-0.15, -0.1) is 0 Å². The number of nitrogens with zero attached hydrogens (tertiary/aromatic N) is 2. The summed E-state index contributed by atoms with van der Waals surface area (Å²) in [6.45, 7) is 0.228. The van der Waals surface area contributed by atoms with Crippen molar-refractivity contribution in [1.29, 1.82) is 0 Å². The SMILES string of the molecule is Nc1ccc(Cl)c(F)c1-c1c(Cl)cnn(Cc2ccccc2)c1=O. The number of aromatic nitrogens is 2. The standard InChI is InChI=1S/C17H12Cl2FN3O/c18-11-6-7-13(21)15(16(11)20)14-12(19)8-22-23(17(14)24)9-10-4-2-1-3-5-10/h1-8H,9,21H2. The van der Waals surface area contributed by atoms with E-state index < -0.39 is 11.4 Å². The maximum atomic E-state index is 14.4. The molecule has 122 valence electrons. The Balaban J connectivity index is 2.18. The minimum atomic E-state index is -0.784. The summed E-state index contributed by atoms with van der Waals surface area (Å²) in [7, 11) is 0. The number of hydrogen-bond donors (Lipinski definition) is 1. The van der Waals surface area contributed by atoms with Crippen molar-refractivity contribution in [3.05, 3.63) is 80.4 Å². The second-order valence-electron chi connectivity index (χ2n) is 5.14. The number of anilines is 1. The first-order valence-electron chi connectivity index (χ1n) is 7.02. The lowest BCUT2D eigenvalue weighted by Crippen LogP contribution is -2.25. The van der Waals surface area contributed by atoms with Gasteiger partial charge in [-0.1, -0.05) is 53.5 Å². The summed E-state index contributed by atoms with van der Waals surface area (Å²) in [6.07, 6.45) is 1.29. The fourth-order valence-corrected chi connectivity index (χ4v) is 2.76. The smallest absolute Gasteiger partial charge is 0.276 e. The molecule has 0 aliphatic rings. The van der Waals surface area contributed by atoms with Crippen molar-refractivity contribution in [3.8, 4) is 11.1 Å². The second kappa shape index (κ2) is 6.63. The minimum Gasteiger partial charge on any atom is -0.398 e. The van der Waals surface area contributed by atoms with E-state index in [2.05, 4.69) is 5.10 Å². The van der Waals surface area contributed by atoms with Crippen molar-refractivity contribution in [3.63, 3.8) is 0 Å². The van der Waals surface area contributed by atoms with Gasteiger partial charge in [-0.05, 0) is 17.7 Å². The van der Waals surface area contributed by atoms with Crippen LogP contribution in [0, 0.1) is 5.82 Å². The summed E-state index contributed by atoms with van der Waals surface area (Å²) >= 11 is 11.9. The molecular formula is C17H12Cl2FN3O. The molecule has 2 aromatic carbocycles. The molecule has 3 aromatic rings. The lowest BCUT2D eigenvalue weighted by atomic mass is 10.0. The summed E-state index contributed by atoms with van der Waals surface area (Å²) in [5, 5.41) is 3.89. The number of hydrogen-bond acceptors (Lipinski definition) is 3. The van der Waals surface area contributed by atoms with Crippen LogP contribution in [0.5, 0.6) is 0 Å². The van der Waals surface area contributed by atoms with Crippen LogP contribution >= 0.6 is 23.2 Å². The topological polar surface area (TPSA) is 60.9 Å². The maximum absolute atomic E-state index is 14.4. The van der Waals surface area contributed by atoms with E-state index in [9.17, 15) is 9.18 Å². The molecule has 3 rings (SSSR count). The van der Waals surface area contributed by atoms with E-state index in [1.807, 2.05) is 30.3 Å². The minimum absolute atomic E-state index is 0.0113. The van der Waals surface area contributed by atoms with Gasteiger partial charge in [0.05, 0.1) is 28.4 Å². The van der Waals surface area contributed by atoms with Crippen molar-refractivity contribution in [2.45, 2.75) is 6.54 Å². The molecule has 24 heavy (non-hydrogen) atoms. The molecule has 1 aromatic heterocycles. The normalized spacial score (nSPS) is 10.8. The third-order valence-corrected chi connectivity index (χ3v) is 4.13. The summed E-state index contributed by atoms with van der Waals surface area (Å²) in [6, 6.07) is 12.0. The number of nitrogens with two attached hydrogens (primary N) is 1. The molecule has 0 aliphatic carbocycles. The van der Waals surface area contributed by atoms with Crippen LogP contribution in [-0.4, -0.2) is 9.78 Å². The van der Waals surface area contributed by atoms with E-state index in [0.29, 0.717) is 0 Å². The van der Waals surface area contributed by atoms with E-state index >= 15 is 0 Å². The zero-order valence-electron chi connectivity index (χ0n) is 12.3. The van der Waals surface area contributed by atoms with Crippen LogP contribution in [0.1, 0.15) is 5.56 Å². The summed E-state index contributed by atoms with van der Waals surface area (Å²) in [5.74, 6) is -0.784. The zero-order chi connectivity index (χ0) is 17.3. The summed E-state index contributed by atoms with van der Waals surface area (Å²) < 4.78 is 15.6. The van der Waals surface area contributed by atoms with Gasteiger partial charge in [0.25, 0.3) is 5.56 Å². The average Bonchev–Trinajstić information content (AvgIpc) is 2.58. The largest absolute Gasteiger partial charge is 0.398 e. The molecule has 0 saturated carbocycles. The van der Waals surface area contributed by atoms with Gasteiger partial charge in [0.1, 0.15) is 0 Å². The van der Waals surface area contributed by atoms with Crippen molar-refractivity contribution in [2.75, 3.05) is 5.73 Å². The molecule has 0 atom stereocenters. The van der Waals surface area contributed by atoms with Gasteiger partial charge in [0.2, 0.25) is 0 Å². The van der Waals surface area contributed by atoms with Gasteiger partial charge in [-0.25, -0.2) is 9.07 Å². The molecule has 0 aliphatic heterocycles. The van der Waals surface area contributed by atoms with E-state index in [-0.39, 0.29) is 33.4 Å². The van der Waals surface area contributed by atoms with E-state index in [4.69, 9.17) is 28.9 Å². The van der Waals surface area contributed by atoms with E-state index in [0.717, 1.165) is 5.56 Å². The highest BCUT2D eigenvalue weighted by atomic mass is 35.5. The van der Waals surface area contributed by atoms with Gasteiger partial charge < -0.3 is 5.73 Å². The van der Waals surface area contributed by atoms with Crippen molar-refractivity contribution < 1.29 is 4.39 Å². The highest BCUT2D eigenvalue weighted by Crippen LogP contribution is 2.34. The van der Waals surface area contributed by atoms with Crippen molar-refractivity contribution in [2.24, 2.45) is 0 Å². The van der Waals surface area contributed by atoms with Gasteiger partial charge >= 0.3 is 0 Å². The Hall–Kier alpha value is -2.37. The fourth-order valence-electron chi connectivity index (χ4n) is 2.38. The number of halogens is 3. The number of nitrogen functional groups attached to an aromatic ring is 1. The van der Waals surface area contributed by atoms with Crippen LogP contribution in [0.25, 0.3) is 11.1 Å². The van der Waals surface area contributed by atoms with Crippen LogP contribution in [0.4, 0.5) is 10.1 Å². The van der Waals surface area contributed by atoms with Gasteiger partial charge in [0.15, 0.2) is 5.82 Å². The first kappa shape index (κ1) is 16.5. The summed E-state index contributed by atoms with van der Waals surface area (Å²) in [4.78, 5) is 12.8. The second-order valence-corrected chi connectivity index (χ2v) is 5.96. The Morgan fingerprint density at radius 2 is 1.75 bits per heavy atom. The van der Waals surface area contributed by atoms with Crippen LogP contribution < -0.4 is 11.3 Å². The van der Waals surface area contributed by atoms with Gasteiger partial charge in [-0.2, -0.15) is 5.10 Å². The van der Waals surface area contributed by atoms with Crippen LogP contribution in [0.3, 0.4) is 0 Å². The first-order chi connectivity index (χ1) is 11.5. The third kappa shape index (κ3) is 3.00. The quantitative estimate of drug-likeness (QED) is 0.715. The van der Waals surface area contributed by atoms with Crippen molar-refractivity contribution >= 4 is 28.9 Å². The molecule has 0 radical (unpaired) electrons.